The number of aryl methyl sites for hydroxylation is 3. The molecule has 0 bridgehead atoms. The first-order chi connectivity index (χ1) is 19.2. The van der Waals surface area contributed by atoms with E-state index in [1.165, 1.54) is 12.1 Å². The summed E-state index contributed by atoms with van der Waals surface area (Å²) in [7, 11) is 0. The number of hydrogen-bond acceptors (Lipinski definition) is 8. The maximum absolute atomic E-state index is 15.3. The zero-order valence-corrected chi connectivity index (χ0v) is 21.4. The molecule has 1 aliphatic carbocycles. The van der Waals surface area contributed by atoms with Crippen molar-refractivity contribution < 1.29 is 19.1 Å². The second-order valence-corrected chi connectivity index (χ2v) is 9.50. The number of aromatic amines is 2. The van der Waals surface area contributed by atoms with Crippen molar-refractivity contribution in [2.45, 2.75) is 44.7 Å². The van der Waals surface area contributed by atoms with Gasteiger partial charge in [0.05, 0.1) is 29.1 Å². The highest BCUT2D eigenvalue weighted by atomic mass is 19.1. The zero-order valence-electron chi connectivity index (χ0n) is 21.4. The SMILES string of the molecule is C#CCN(c1ccc(C(=O)N[C@@H](CCc2nn[nH]n2)C(=O)O)c(F)c1)C1CCc2cc3nc(C)[nH]c(=O)c3cc21. The number of terminal acetylenes is 1. The molecule has 2 atom stereocenters. The van der Waals surface area contributed by atoms with Gasteiger partial charge in [-0.2, -0.15) is 5.21 Å². The van der Waals surface area contributed by atoms with Crippen molar-refractivity contribution in [2.24, 2.45) is 0 Å². The molecule has 5 rings (SSSR count). The zero-order chi connectivity index (χ0) is 28.4. The van der Waals surface area contributed by atoms with Gasteiger partial charge < -0.3 is 20.3 Å². The predicted octanol–water partition coefficient (Wildman–Crippen LogP) is 1.83. The van der Waals surface area contributed by atoms with Crippen molar-refractivity contribution in [2.75, 3.05) is 11.4 Å². The largest absolute Gasteiger partial charge is 0.480 e. The minimum absolute atomic E-state index is 0.00997. The van der Waals surface area contributed by atoms with Crippen LogP contribution in [0.25, 0.3) is 10.9 Å². The Hall–Kier alpha value is -5.12. The van der Waals surface area contributed by atoms with Crippen molar-refractivity contribution in [3.63, 3.8) is 0 Å². The number of fused-ring (bicyclic) bond motifs is 2. The highest BCUT2D eigenvalue weighted by molar-refractivity contribution is 5.97. The Morgan fingerprint density at radius 3 is 2.85 bits per heavy atom. The van der Waals surface area contributed by atoms with Gasteiger partial charge in [-0.05, 0) is 67.6 Å². The molecule has 4 aromatic rings. The second kappa shape index (κ2) is 10.9. The third kappa shape index (κ3) is 5.24. The Balaban J connectivity index is 1.38. The highest BCUT2D eigenvalue weighted by Gasteiger charge is 2.30. The lowest BCUT2D eigenvalue weighted by atomic mass is 10.0. The predicted molar refractivity (Wildman–Crippen MR) is 142 cm³/mol. The fraction of sp³-hybridized carbons (Fsp3) is 0.296. The normalized spacial score (nSPS) is 14.9. The van der Waals surface area contributed by atoms with Crippen LogP contribution in [-0.4, -0.2) is 60.2 Å². The average molecular weight is 545 g/mol. The minimum Gasteiger partial charge on any atom is -0.480 e. The smallest absolute Gasteiger partial charge is 0.326 e. The van der Waals surface area contributed by atoms with Crippen LogP contribution >= 0.6 is 0 Å². The number of benzene rings is 2. The second-order valence-electron chi connectivity index (χ2n) is 9.50. The van der Waals surface area contributed by atoms with E-state index in [-0.39, 0.29) is 36.6 Å². The molecule has 12 nitrogen and oxygen atoms in total. The number of carbonyl (C=O) groups is 2. The van der Waals surface area contributed by atoms with E-state index in [0.717, 1.165) is 17.5 Å². The van der Waals surface area contributed by atoms with Gasteiger partial charge >= 0.3 is 5.97 Å². The molecule has 1 amide bonds. The number of anilines is 1. The fourth-order valence-corrected chi connectivity index (χ4v) is 5.06. The summed E-state index contributed by atoms with van der Waals surface area (Å²) in [5.41, 5.74) is 2.47. The van der Waals surface area contributed by atoms with Crippen LogP contribution in [0, 0.1) is 25.1 Å². The molecule has 0 fully saturated rings. The van der Waals surface area contributed by atoms with E-state index in [4.69, 9.17) is 6.42 Å². The van der Waals surface area contributed by atoms with Crippen LogP contribution in [0.5, 0.6) is 0 Å². The summed E-state index contributed by atoms with van der Waals surface area (Å²) < 4.78 is 15.3. The highest BCUT2D eigenvalue weighted by Crippen LogP contribution is 2.39. The van der Waals surface area contributed by atoms with E-state index < -0.39 is 23.7 Å². The standard InChI is InChI=1S/C27H25FN8O4/c1-3-10-36(23-8-4-15-11-22-19(13-18(15)23)26(38)30-14(2)29-22)16-5-6-17(20(28)12-16)25(37)31-21(27(39)40)7-9-24-32-34-35-33-24/h1,5-6,11-13,21,23H,4,7-10H2,2H3,(H,31,37)(H,39,40)(H,29,30,38)(H,32,33,34,35)/t21-,23?/m0/s1. The molecule has 0 aliphatic heterocycles. The number of carboxylic acids is 1. The third-order valence-electron chi connectivity index (χ3n) is 6.95. The first-order valence-corrected chi connectivity index (χ1v) is 12.5. The van der Waals surface area contributed by atoms with Gasteiger partial charge in [0.15, 0.2) is 5.82 Å². The summed E-state index contributed by atoms with van der Waals surface area (Å²) in [5, 5.41) is 25.5. The van der Waals surface area contributed by atoms with E-state index in [0.29, 0.717) is 34.7 Å². The first-order valence-electron chi connectivity index (χ1n) is 12.5. The molecule has 1 aliphatic rings. The summed E-state index contributed by atoms with van der Waals surface area (Å²) in [4.78, 5) is 46.0. The molecular weight excluding hydrogens is 519 g/mol. The van der Waals surface area contributed by atoms with Gasteiger partial charge in [0.25, 0.3) is 11.5 Å². The minimum atomic E-state index is -1.28. The third-order valence-corrected chi connectivity index (χ3v) is 6.95. The molecule has 2 aromatic carbocycles. The maximum Gasteiger partial charge on any atom is 0.326 e. The summed E-state index contributed by atoms with van der Waals surface area (Å²) in [6.45, 7) is 1.88. The van der Waals surface area contributed by atoms with Crippen LogP contribution in [-0.2, 0) is 17.6 Å². The van der Waals surface area contributed by atoms with Crippen molar-refractivity contribution in [1.29, 1.82) is 0 Å². The molecule has 4 N–H and O–H groups in total. The number of halogens is 1. The number of H-pyrrole nitrogens is 2. The van der Waals surface area contributed by atoms with Gasteiger partial charge in [0.1, 0.15) is 17.7 Å². The first kappa shape index (κ1) is 26.5. The lowest BCUT2D eigenvalue weighted by molar-refractivity contribution is -0.139. The van der Waals surface area contributed by atoms with Crippen LogP contribution in [0.1, 0.15) is 52.0 Å². The Morgan fingerprint density at radius 1 is 1.32 bits per heavy atom. The topological polar surface area (TPSA) is 170 Å². The summed E-state index contributed by atoms with van der Waals surface area (Å²) in [5.74, 6) is 0.469. The van der Waals surface area contributed by atoms with Crippen LogP contribution in [0.4, 0.5) is 10.1 Å². The molecule has 204 valence electrons. The molecule has 0 spiro atoms. The lowest BCUT2D eigenvalue weighted by Crippen LogP contribution is -2.41. The van der Waals surface area contributed by atoms with Gasteiger partial charge in [-0.1, -0.05) is 11.1 Å². The summed E-state index contributed by atoms with van der Waals surface area (Å²) in [6.07, 6.45) is 7.22. The van der Waals surface area contributed by atoms with Gasteiger partial charge in [0.2, 0.25) is 0 Å². The van der Waals surface area contributed by atoms with E-state index in [1.807, 2.05) is 17.0 Å². The molecule has 2 aromatic heterocycles. The number of tetrazole rings is 1. The van der Waals surface area contributed by atoms with Crippen molar-refractivity contribution in [3.05, 3.63) is 74.8 Å². The molecule has 0 radical (unpaired) electrons. The summed E-state index contributed by atoms with van der Waals surface area (Å²) in [6, 6.07) is 6.29. The molecule has 40 heavy (non-hydrogen) atoms. The van der Waals surface area contributed by atoms with Gasteiger partial charge in [0, 0.05) is 12.1 Å². The monoisotopic (exact) mass is 544 g/mol. The molecule has 1 unspecified atom stereocenters. The number of aromatic nitrogens is 6. The number of hydrogen-bond donors (Lipinski definition) is 4. The van der Waals surface area contributed by atoms with Crippen LogP contribution in [0.3, 0.4) is 0 Å². The van der Waals surface area contributed by atoms with Crippen molar-refractivity contribution in [1.82, 2.24) is 35.9 Å². The molecule has 13 heteroatoms. The number of carbonyl (C=O) groups excluding carboxylic acids is 1. The molecule has 0 saturated carbocycles. The summed E-state index contributed by atoms with van der Waals surface area (Å²) >= 11 is 0. The van der Waals surface area contributed by atoms with E-state index in [1.54, 1.807) is 13.0 Å². The number of rotatable bonds is 9. The molecular formula is C27H25FN8O4. The maximum atomic E-state index is 15.3. The van der Waals surface area contributed by atoms with Crippen molar-refractivity contribution >= 4 is 28.5 Å². The lowest BCUT2D eigenvalue weighted by Gasteiger charge is -2.30. The Kier molecular flexibility index (Phi) is 7.24. The number of aliphatic carboxylic acids is 1. The van der Waals surface area contributed by atoms with E-state index >= 15 is 4.39 Å². The van der Waals surface area contributed by atoms with Gasteiger partial charge in [-0.15, -0.1) is 16.6 Å². The number of carboxylic acid groups (broad SMARTS) is 1. The Labute approximate surface area is 227 Å². The van der Waals surface area contributed by atoms with Crippen LogP contribution < -0.4 is 15.8 Å². The number of amides is 1. The van der Waals surface area contributed by atoms with Crippen LogP contribution in [0.2, 0.25) is 0 Å². The Morgan fingerprint density at radius 2 is 2.15 bits per heavy atom. The van der Waals surface area contributed by atoms with Crippen LogP contribution in [0.15, 0.2) is 35.1 Å². The number of nitrogens with one attached hydrogen (secondary N) is 3. The quantitative estimate of drug-likeness (QED) is 0.230. The Bertz CT molecular complexity index is 1700. The number of nitrogens with zero attached hydrogens (tertiary/aromatic N) is 5. The van der Waals surface area contributed by atoms with Crippen molar-refractivity contribution in [3.8, 4) is 12.3 Å². The van der Waals surface area contributed by atoms with Gasteiger partial charge in [-0.3, -0.25) is 9.59 Å². The fourth-order valence-electron chi connectivity index (χ4n) is 5.06. The molecule has 0 saturated heterocycles. The van der Waals surface area contributed by atoms with Gasteiger partial charge in [-0.25, -0.2) is 14.2 Å². The van der Waals surface area contributed by atoms with E-state index in [9.17, 15) is 19.5 Å². The molecule has 2 heterocycles. The average Bonchev–Trinajstić information content (AvgIpc) is 3.58. The van der Waals surface area contributed by atoms with E-state index in [2.05, 4.69) is 41.8 Å².